The minimum absolute atomic E-state index is 0.598. The maximum atomic E-state index is 6.27. The fourth-order valence-corrected chi connectivity index (χ4v) is 21.9. The van der Waals surface area contributed by atoms with E-state index in [0.29, 0.717) is 52.4 Å². The third-order valence-electron chi connectivity index (χ3n) is 27.7. The Hall–Kier alpha value is -19.3. The van der Waals surface area contributed by atoms with E-state index >= 15 is 0 Å². The Morgan fingerprint density at radius 1 is 0.131 bits per heavy atom. The van der Waals surface area contributed by atoms with E-state index < -0.39 is 0 Å². The molecular formula is C133H81N9O2S. The number of rotatable bonds is 13. The number of hydrogen-bond acceptors (Lipinski definition) is 12. The molecule has 0 spiro atoms. The number of para-hydroxylation sites is 2. The molecule has 29 rings (SSSR count). The van der Waals surface area contributed by atoms with Crippen molar-refractivity contribution in [3.8, 4) is 147 Å². The van der Waals surface area contributed by atoms with Crippen LogP contribution in [0.1, 0.15) is 0 Å². The van der Waals surface area contributed by atoms with Gasteiger partial charge in [-0.1, -0.05) is 413 Å². The van der Waals surface area contributed by atoms with Gasteiger partial charge < -0.3 is 8.83 Å². The van der Waals surface area contributed by atoms with Crippen LogP contribution in [0.2, 0.25) is 0 Å². The molecule has 0 aliphatic carbocycles. The second-order valence-corrected chi connectivity index (χ2v) is 37.6. The molecule has 0 saturated carbocycles. The van der Waals surface area contributed by atoms with Crippen LogP contribution in [0.5, 0.6) is 0 Å². The van der Waals surface area contributed by atoms with E-state index in [2.05, 4.69) is 370 Å². The van der Waals surface area contributed by atoms with Crippen molar-refractivity contribution in [3.05, 3.63) is 491 Å². The normalized spacial score (nSPS) is 11.6. The molecule has 29 aromatic rings. The molecule has 145 heavy (non-hydrogen) atoms. The summed E-state index contributed by atoms with van der Waals surface area (Å²) in [7, 11) is 0. The summed E-state index contributed by atoms with van der Waals surface area (Å²) in [6.07, 6.45) is 0. The standard InChI is InChI=1S/C47H29N3O.C45H27N3S.C41H25N3O/c1-3-12-30(13-4-1)31-22-24-33(25-23-31)45-48-46(50-47(49-45)39-19-11-21-43-44(39)38-18-9-10-20-42(38)51-43)35-26-27-37-36-17-8-7-16-34(36)28-40(41(37)29-35)32-14-5-2-6-15-32;1-2-12-29(13-3-1)43-46-44(38-18-10-20-41-42(38)37-17-8-9-19-40(37)49-41)48-45(47-43)39-27-33(26-31-14-5-7-16-35(31)39)30-23-24-36-32(25-30)22-21-28-11-4-6-15-34(28)36;1-3-10-26(11-4-1)28-20-22-32-29(24-28)18-19-30-25-31(21-23-33(30)32)40-42-39(27-12-5-2-6-13-27)43-41(44-40)35-15-9-17-37-38(35)34-14-7-8-16-36(34)45-37/h1-29H;1-27H;1-25H. The van der Waals surface area contributed by atoms with E-state index in [1.54, 1.807) is 11.3 Å². The summed E-state index contributed by atoms with van der Waals surface area (Å²) in [6, 6.07) is 172. The number of aromatic nitrogens is 9. The van der Waals surface area contributed by atoms with Gasteiger partial charge in [-0.3, -0.25) is 0 Å². The van der Waals surface area contributed by atoms with Crippen LogP contribution in [0.15, 0.2) is 500 Å². The first kappa shape index (κ1) is 85.0. The van der Waals surface area contributed by atoms with Crippen molar-refractivity contribution in [2.45, 2.75) is 0 Å². The van der Waals surface area contributed by atoms with Gasteiger partial charge in [0.05, 0.1) is 0 Å². The highest BCUT2D eigenvalue weighted by atomic mass is 32.1. The Balaban J connectivity index is 0.000000108. The lowest BCUT2D eigenvalue weighted by Crippen LogP contribution is -2.01. The zero-order valence-electron chi connectivity index (χ0n) is 78.0. The molecule has 0 bridgehead atoms. The van der Waals surface area contributed by atoms with Gasteiger partial charge in [0.2, 0.25) is 0 Å². The van der Waals surface area contributed by atoms with Crippen LogP contribution in [0.3, 0.4) is 0 Å². The van der Waals surface area contributed by atoms with Crippen molar-refractivity contribution >= 4 is 151 Å². The smallest absolute Gasteiger partial charge is 0.164 e. The molecule has 0 aliphatic heterocycles. The number of benzene rings is 23. The van der Waals surface area contributed by atoms with Gasteiger partial charge in [-0.2, -0.15) is 0 Å². The lowest BCUT2D eigenvalue weighted by molar-refractivity contribution is 0.668. The molecule has 0 atom stereocenters. The van der Waals surface area contributed by atoms with Gasteiger partial charge >= 0.3 is 0 Å². The topological polar surface area (TPSA) is 142 Å². The third kappa shape index (κ3) is 15.8. The van der Waals surface area contributed by atoms with Crippen LogP contribution in [0.25, 0.3) is 286 Å². The van der Waals surface area contributed by atoms with Crippen molar-refractivity contribution in [3.63, 3.8) is 0 Å². The molecule has 0 unspecified atom stereocenters. The average molecular weight is 1870 g/mol. The Morgan fingerprint density at radius 2 is 0.434 bits per heavy atom. The molecule has 23 aromatic carbocycles. The number of fused-ring (bicyclic) bond motifs is 19. The fourth-order valence-electron chi connectivity index (χ4n) is 20.7. The third-order valence-corrected chi connectivity index (χ3v) is 28.9. The number of thiophene rings is 1. The molecule has 0 amide bonds. The number of hydrogen-bond donors (Lipinski definition) is 0. The largest absolute Gasteiger partial charge is 0.456 e. The lowest BCUT2D eigenvalue weighted by Gasteiger charge is -2.14. The van der Waals surface area contributed by atoms with Gasteiger partial charge in [0.15, 0.2) is 52.4 Å². The SMILES string of the molecule is c1ccc(-c2ccc(-c3nc(-c4ccc5c(c4)c(-c4ccccc4)cc4ccccc45)nc(-c4cccc5oc6ccccc6c45)n3)cc2)cc1.c1ccc(-c2ccc3c(ccc4cc(-c5nc(-c6ccccc6)nc(-c6cccc7oc8ccccc8c67)n5)ccc43)c2)cc1.c1ccc(-c2nc(-c3cc(-c4ccc5c(ccc6ccccc65)c4)cc4ccccc34)nc(-c3cccc4sc5ccccc5c34)n2)cc1. The van der Waals surface area contributed by atoms with E-state index in [1.165, 1.54) is 96.3 Å². The summed E-state index contributed by atoms with van der Waals surface area (Å²) in [5.74, 6) is 5.68. The van der Waals surface area contributed by atoms with Crippen molar-refractivity contribution in [1.82, 2.24) is 44.9 Å². The first-order valence-electron chi connectivity index (χ1n) is 48.6. The molecule has 676 valence electrons. The predicted molar refractivity (Wildman–Crippen MR) is 600 cm³/mol. The number of nitrogens with zero attached hydrogens (tertiary/aromatic N) is 9. The summed E-state index contributed by atoms with van der Waals surface area (Å²) < 4.78 is 14.9. The minimum atomic E-state index is 0.598. The molecule has 0 saturated heterocycles. The second-order valence-electron chi connectivity index (χ2n) is 36.5. The quantitative estimate of drug-likeness (QED) is 0.102. The van der Waals surface area contributed by atoms with Gasteiger partial charge in [0.1, 0.15) is 22.3 Å². The van der Waals surface area contributed by atoms with E-state index in [-0.39, 0.29) is 0 Å². The van der Waals surface area contributed by atoms with Gasteiger partial charge in [-0.15, -0.1) is 11.3 Å². The minimum Gasteiger partial charge on any atom is -0.456 e. The van der Waals surface area contributed by atoms with Crippen LogP contribution in [0.4, 0.5) is 0 Å². The molecule has 0 fully saturated rings. The van der Waals surface area contributed by atoms with Crippen molar-refractivity contribution in [1.29, 1.82) is 0 Å². The van der Waals surface area contributed by atoms with E-state index in [0.717, 1.165) is 138 Å². The zero-order valence-corrected chi connectivity index (χ0v) is 78.8. The van der Waals surface area contributed by atoms with Gasteiger partial charge in [0.25, 0.3) is 0 Å². The monoisotopic (exact) mass is 1870 g/mol. The highest BCUT2D eigenvalue weighted by Crippen LogP contribution is 2.47. The van der Waals surface area contributed by atoms with E-state index in [1.807, 2.05) is 121 Å². The van der Waals surface area contributed by atoms with Crippen LogP contribution >= 0.6 is 11.3 Å². The Morgan fingerprint density at radius 3 is 0.972 bits per heavy atom. The second kappa shape index (κ2) is 36.2. The molecule has 11 nitrogen and oxygen atoms in total. The van der Waals surface area contributed by atoms with Crippen molar-refractivity contribution < 1.29 is 8.83 Å². The first-order chi connectivity index (χ1) is 71.8. The van der Waals surface area contributed by atoms with E-state index in [4.69, 9.17) is 53.7 Å². The van der Waals surface area contributed by atoms with Crippen LogP contribution in [-0.2, 0) is 0 Å². The molecule has 0 radical (unpaired) electrons. The first-order valence-corrected chi connectivity index (χ1v) is 49.4. The molecule has 12 heteroatoms. The summed E-state index contributed by atoms with van der Waals surface area (Å²) in [6.45, 7) is 0. The average Bonchev–Trinajstić information content (AvgIpc) is 1.75. The summed E-state index contributed by atoms with van der Waals surface area (Å²) in [5.41, 5.74) is 21.1. The Labute approximate surface area is 836 Å². The van der Waals surface area contributed by atoms with Crippen molar-refractivity contribution in [2.75, 3.05) is 0 Å². The van der Waals surface area contributed by atoms with Gasteiger partial charge in [-0.25, -0.2) is 44.9 Å². The summed E-state index contributed by atoms with van der Waals surface area (Å²) in [5, 5.41) is 23.2. The summed E-state index contributed by atoms with van der Waals surface area (Å²) >= 11 is 1.80. The van der Waals surface area contributed by atoms with Crippen molar-refractivity contribution in [2.24, 2.45) is 0 Å². The molecule has 0 aliphatic rings. The molecule has 0 N–H and O–H groups in total. The van der Waals surface area contributed by atoms with E-state index in [9.17, 15) is 0 Å². The Bertz CT molecular complexity index is 10200. The zero-order chi connectivity index (χ0) is 95.8. The maximum absolute atomic E-state index is 6.27. The lowest BCUT2D eigenvalue weighted by atomic mass is 9.92. The highest BCUT2D eigenvalue weighted by molar-refractivity contribution is 7.26. The summed E-state index contributed by atoms with van der Waals surface area (Å²) in [4.78, 5) is 46.2. The predicted octanol–water partition coefficient (Wildman–Crippen LogP) is 35.5. The van der Waals surface area contributed by atoms with Gasteiger partial charge in [0, 0.05) is 91.8 Å². The highest BCUT2D eigenvalue weighted by Gasteiger charge is 2.25. The van der Waals surface area contributed by atoms with Crippen LogP contribution < -0.4 is 0 Å². The van der Waals surface area contributed by atoms with Gasteiger partial charge in [-0.05, 0) is 199 Å². The molecule has 6 aromatic heterocycles. The fraction of sp³-hybridized carbons (Fsp3) is 0. The Kier molecular flexibility index (Phi) is 21.2. The maximum Gasteiger partial charge on any atom is 0.164 e. The van der Waals surface area contributed by atoms with Crippen LogP contribution in [-0.4, -0.2) is 44.9 Å². The van der Waals surface area contributed by atoms with Crippen LogP contribution in [0, 0.1) is 0 Å². The molecular weight excluding hydrogens is 1790 g/mol. The number of furan rings is 2. The molecule has 6 heterocycles.